The van der Waals surface area contributed by atoms with Crippen LogP contribution in [0.5, 0.6) is 0 Å². The molecule has 2 amide bonds. The van der Waals surface area contributed by atoms with Crippen molar-refractivity contribution in [3.05, 3.63) is 93.2 Å². The average molecular weight is 461 g/mol. The number of carbonyl (C=O) groups excluding carboxylic acids is 2. The second kappa shape index (κ2) is 10.3. The molecule has 2 heterocycles. The Morgan fingerprint density at radius 2 is 1.79 bits per heavy atom. The van der Waals surface area contributed by atoms with Crippen molar-refractivity contribution in [2.75, 3.05) is 19.6 Å². The Hall–Kier alpha value is -2.92. The molecule has 1 unspecified atom stereocenters. The summed E-state index contributed by atoms with van der Waals surface area (Å²) in [5.74, 6) is 0.190. The molecule has 0 saturated heterocycles. The Balaban J connectivity index is 1.59. The van der Waals surface area contributed by atoms with Crippen LogP contribution in [-0.4, -0.2) is 41.2 Å². The van der Waals surface area contributed by atoms with Gasteiger partial charge < -0.3 is 9.80 Å². The molecule has 0 bridgehead atoms. The van der Waals surface area contributed by atoms with Gasteiger partial charge >= 0.3 is 0 Å². The maximum atomic E-state index is 13.7. The number of nitrogens with zero attached hydrogens (tertiary/aromatic N) is 2. The van der Waals surface area contributed by atoms with Crippen LogP contribution in [0.4, 0.5) is 0 Å². The van der Waals surface area contributed by atoms with E-state index in [4.69, 9.17) is 0 Å². The van der Waals surface area contributed by atoms with Crippen LogP contribution in [0.15, 0.2) is 66.0 Å². The van der Waals surface area contributed by atoms with Gasteiger partial charge in [-0.1, -0.05) is 63.2 Å². The van der Waals surface area contributed by atoms with Crippen LogP contribution in [0.25, 0.3) is 0 Å². The van der Waals surface area contributed by atoms with Crippen LogP contribution >= 0.6 is 11.3 Å². The molecule has 1 aliphatic heterocycles. The van der Waals surface area contributed by atoms with Crippen molar-refractivity contribution in [3.8, 4) is 0 Å². The standard InChI is InChI=1S/C28H32N2O2S/c1-4-21-10-12-23(13-11-21)28(32)29(18-20(2)3)19-26(31)30-16-14-25-24(15-17-33-25)27(30)22-8-6-5-7-9-22/h5-13,15,17,20,27H,4,14,16,18-19H2,1-3H3. The van der Waals surface area contributed by atoms with Gasteiger partial charge in [-0.25, -0.2) is 0 Å². The lowest BCUT2D eigenvalue weighted by Gasteiger charge is -2.38. The molecular formula is C28H32N2O2S. The van der Waals surface area contributed by atoms with Crippen molar-refractivity contribution in [2.45, 2.75) is 39.7 Å². The molecule has 172 valence electrons. The number of hydrogen-bond acceptors (Lipinski definition) is 3. The third-order valence-corrected chi connectivity index (χ3v) is 7.21. The van der Waals surface area contributed by atoms with Gasteiger partial charge in [0.2, 0.25) is 5.91 Å². The number of rotatable bonds is 7. The SMILES string of the molecule is CCc1ccc(C(=O)N(CC(=O)N2CCc3sccc3C2c2ccccc2)CC(C)C)cc1. The van der Waals surface area contributed by atoms with Gasteiger partial charge in [0.1, 0.15) is 6.54 Å². The van der Waals surface area contributed by atoms with E-state index in [0.29, 0.717) is 18.7 Å². The number of amides is 2. The normalized spacial score (nSPS) is 15.4. The highest BCUT2D eigenvalue weighted by atomic mass is 32.1. The topological polar surface area (TPSA) is 40.6 Å². The average Bonchev–Trinajstić information content (AvgIpc) is 3.32. The summed E-state index contributed by atoms with van der Waals surface area (Å²) in [7, 11) is 0. The minimum Gasteiger partial charge on any atom is -0.330 e. The molecule has 4 rings (SSSR count). The van der Waals surface area contributed by atoms with Gasteiger partial charge in [0, 0.05) is 23.5 Å². The molecule has 0 spiro atoms. The van der Waals surface area contributed by atoms with Gasteiger partial charge in [-0.05, 0) is 59.0 Å². The molecule has 4 nitrogen and oxygen atoms in total. The predicted octanol–water partition coefficient (Wildman–Crippen LogP) is 5.58. The monoisotopic (exact) mass is 460 g/mol. The summed E-state index contributed by atoms with van der Waals surface area (Å²) in [6.07, 6.45) is 1.79. The van der Waals surface area contributed by atoms with E-state index in [1.807, 2.05) is 47.4 Å². The van der Waals surface area contributed by atoms with Gasteiger partial charge in [-0.3, -0.25) is 9.59 Å². The number of fused-ring (bicyclic) bond motifs is 1. The van der Waals surface area contributed by atoms with Crippen LogP contribution in [0.3, 0.4) is 0 Å². The molecule has 2 aromatic carbocycles. The summed E-state index contributed by atoms with van der Waals surface area (Å²) in [4.78, 5) is 32.1. The predicted molar refractivity (Wildman–Crippen MR) is 135 cm³/mol. The lowest BCUT2D eigenvalue weighted by atomic mass is 9.93. The van der Waals surface area contributed by atoms with Crippen LogP contribution in [0, 0.1) is 5.92 Å². The van der Waals surface area contributed by atoms with Gasteiger partial charge in [0.05, 0.1) is 6.04 Å². The summed E-state index contributed by atoms with van der Waals surface area (Å²) in [6, 6.07) is 20.0. The van der Waals surface area contributed by atoms with Gasteiger partial charge in [-0.2, -0.15) is 0 Å². The van der Waals surface area contributed by atoms with Gasteiger partial charge in [0.15, 0.2) is 0 Å². The highest BCUT2D eigenvalue weighted by Gasteiger charge is 2.34. The fourth-order valence-electron chi connectivity index (χ4n) is 4.56. The molecule has 3 aromatic rings. The third kappa shape index (κ3) is 5.19. The first-order chi connectivity index (χ1) is 16.0. The van der Waals surface area contributed by atoms with Crippen molar-refractivity contribution < 1.29 is 9.59 Å². The van der Waals surface area contributed by atoms with E-state index >= 15 is 0 Å². The highest BCUT2D eigenvalue weighted by Crippen LogP contribution is 2.37. The minimum atomic E-state index is -0.103. The largest absolute Gasteiger partial charge is 0.330 e. The van der Waals surface area contributed by atoms with E-state index in [1.165, 1.54) is 16.0 Å². The molecule has 0 aliphatic carbocycles. The molecule has 0 saturated carbocycles. The van der Waals surface area contributed by atoms with Crippen molar-refractivity contribution >= 4 is 23.2 Å². The first-order valence-electron chi connectivity index (χ1n) is 11.8. The van der Waals surface area contributed by atoms with Crippen LogP contribution in [0.1, 0.15) is 58.7 Å². The second-order valence-electron chi connectivity index (χ2n) is 9.08. The fourth-order valence-corrected chi connectivity index (χ4v) is 5.46. The zero-order valence-corrected chi connectivity index (χ0v) is 20.5. The summed E-state index contributed by atoms with van der Waals surface area (Å²) in [5.41, 5.74) is 4.16. The highest BCUT2D eigenvalue weighted by molar-refractivity contribution is 7.10. The molecule has 0 radical (unpaired) electrons. The lowest BCUT2D eigenvalue weighted by molar-refractivity contribution is -0.134. The Bertz CT molecular complexity index is 1090. The number of carbonyl (C=O) groups is 2. The smallest absolute Gasteiger partial charge is 0.254 e. The number of thiophene rings is 1. The molecule has 1 atom stereocenters. The summed E-state index contributed by atoms with van der Waals surface area (Å²) < 4.78 is 0. The van der Waals surface area contributed by atoms with Crippen molar-refractivity contribution in [2.24, 2.45) is 5.92 Å². The number of benzene rings is 2. The van der Waals surface area contributed by atoms with Crippen LogP contribution in [-0.2, 0) is 17.6 Å². The van der Waals surface area contributed by atoms with E-state index in [-0.39, 0.29) is 30.3 Å². The second-order valence-corrected chi connectivity index (χ2v) is 10.1. The maximum Gasteiger partial charge on any atom is 0.254 e. The molecular weight excluding hydrogens is 428 g/mol. The fraction of sp³-hybridized carbons (Fsp3) is 0.357. The van der Waals surface area contributed by atoms with Crippen molar-refractivity contribution in [1.29, 1.82) is 0 Å². The molecule has 1 aromatic heterocycles. The summed E-state index contributed by atoms with van der Waals surface area (Å²) >= 11 is 1.76. The van der Waals surface area contributed by atoms with Crippen LogP contribution < -0.4 is 0 Å². The van der Waals surface area contributed by atoms with Crippen LogP contribution in [0.2, 0.25) is 0 Å². The Kier molecular flexibility index (Phi) is 7.29. The number of aryl methyl sites for hydroxylation is 1. The van der Waals surface area contributed by atoms with Gasteiger partial charge in [0.25, 0.3) is 5.91 Å². The Labute approximate surface area is 200 Å². The molecule has 1 aliphatic rings. The summed E-state index contributed by atoms with van der Waals surface area (Å²) in [5, 5.41) is 2.11. The molecule has 0 fully saturated rings. The van der Waals surface area contributed by atoms with Crippen molar-refractivity contribution in [3.63, 3.8) is 0 Å². The summed E-state index contributed by atoms with van der Waals surface area (Å²) in [6.45, 7) is 7.57. The Morgan fingerprint density at radius 1 is 1.06 bits per heavy atom. The first kappa shape index (κ1) is 23.2. The lowest BCUT2D eigenvalue weighted by Crippen LogP contribution is -2.47. The van der Waals surface area contributed by atoms with E-state index in [2.05, 4.69) is 44.4 Å². The van der Waals surface area contributed by atoms with E-state index < -0.39 is 0 Å². The zero-order valence-electron chi connectivity index (χ0n) is 19.7. The molecule has 33 heavy (non-hydrogen) atoms. The molecule has 0 N–H and O–H groups in total. The zero-order chi connectivity index (χ0) is 23.4. The van der Waals surface area contributed by atoms with E-state index in [0.717, 1.165) is 18.4 Å². The van der Waals surface area contributed by atoms with E-state index in [9.17, 15) is 9.59 Å². The number of hydrogen-bond donors (Lipinski definition) is 0. The van der Waals surface area contributed by atoms with Crippen molar-refractivity contribution in [1.82, 2.24) is 9.80 Å². The van der Waals surface area contributed by atoms with Gasteiger partial charge in [-0.15, -0.1) is 11.3 Å². The minimum absolute atomic E-state index is 0.000110. The quantitative estimate of drug-likeness (QED) is 0.462. The Morgan fingerprint density at radius 3 is 2.45 bits per heavy atom. The maximum absolute atomic E-state index is 13.7. The van der Waals surface area contributed by atoms with E-state index in [1.54, 1.807) is 16.2 Å². The molecule has 5 heteroatoms. The first-order valence-corrected chi connectivity index (χ1v) is 12.6. The third-order valence-electron chi connectivity index (χ3n) is 6.21.